The lowest BCUT2D eigenvalue weighted by Crippen LogP contribution is -2.20. The molecule has 16 heavy (non-hydrogen) atoms. The molecule has 0 saturated heterocycles. The SMILES string of the molecule is CCCCC(NCC)c1ccc(Cl)c(Cl)c1. The molecule has 1 N–H and O–H groups in total. The van der Waals surface area contributed by atoms with Gasteiger partial charge in [0.2, 0.25) is 0 Å². The third-order valence-corrected chi connectivity index (χ3v) is 3.38. The zero-order valence-corrected chi connectivity index (χ0v) is 11.4. The first kappa shape index (κ1) is 13.8. The number of benzene rings is 1. The second-order valence-corrected chi connectivity index (χ2v) is 4.74. The van der Waals surface area contributed by atoms with Crippen molar-refractivity contribution in [3.8, 4) is 0 Å². The Kier molecular flexibility index (Phi) is 6.18. The molecule has 1 atom stereocenters. The molecule has 90 valence electrons. The second kappa shape index (κ2) is 7.16. The van der Waals surface area contributed by atoms with Gasteiger partial charge in [-0.2, -0.15) is 0 Å². The number of unbranched alkanes of at least 4 members (excludes halogenated alkanes) is 1. The lowest BCUT2D eigenvalue weighted by molar-refractivity contribution is 0.495. The maximum absolute atomic E-state index is 6.03. The highest BCUT2D eigenvalue weighted by Gasteiger charge is 2.10. The monoisotopic (exact) mass is 259 g/mol. The van der Waals surface area contributed by atoms with Gasteiger partial charge in [0.1, 0.15) is 0 Å². The highest BCUT2D eigenvalue weighted by Crippen LogP contribution is 2.27. The van der Waals surface area contributed by atoms with Gasteiger partial charge in [-0.25, -0.2) is 0 Å². The van der Waals surface area contributed by atoms with Gasteiger partial charge in [-0.05, 0) is 30.7 Å². The van der Waals surface area contributed by atoms with E-state index in [1.54, 1.807) is 0 Å². The minimum absolute atomic E-state index is 0.389. The molecule has 1 aromatic carbocycles. The number of hydrogen-bond acceptors (Lipinski definition) is 1. The van der Waals surface area contributed by atoms with Crippen molar-refractivity contribution in [3.05, 3.63) is 33.8 Å². The van der Waals surface area contributed by atoms with Crippen LogP contribution >= 0.6 is 23.2 Å². The number of rotatable bonds is 6. The first-order valence-electron chi connectivity index (χ1n) is 5.87. The van der Waals surface area contributed by atoms with E-state index in [0.29, 0.717) is 16.1 Å². The van der Waals surface area contributed by atoms with E-state index in [1.807, 2.05) is 12.1 Å². The quantitative estimate of drug-likeness (QED) is 0.772. The normalized spacial score (nSPS) is 12.8. The predicted molar refractivity (Wildman–Crippen MR) is 72.4 cm³/mol. The molecule has 1 unspecified atom stereocenters. The number of halogens is 2. The smallest absolute Gasteiger partial charge is 0.0595 e. The molecule has 3 heteroatoms. The van der Waals surface area contributed by atoms with Crippen molar-refractivity contribution < 1.29 is 0 Å². The van der Waals surface area contributed by atoms with Crippen LogP contribution in [0.1, 0.15) is 44.7 Å². The summed E-state index contributed by atoms with van der Waals surface area (Å²) in [5.41, 5.74) is 1.23. The Morgan fingerprint density at radius 2 is 1.94 bits per heavy atom. The van der Waals surface area contributed by atoms with Crippen LogP contribution in [0.15, 0.2) is 18.2 Å². The van der Waals surface area contributed by atoms with Gasteiger partial charge >= 0.3 is 0 Å². The van der Waals surface area contributed by atoms with Crippen LogP contribution in [0, 0.1) is 0 Å². The Morgan fingerprint density at radius 1 is 1.19 bits per heavy atom. The Labute approximate surface area is 108 Å². The molecule has 0 amide bonds. The van der Waals surface area contributed by atoms with Crippen molar-refractivity contribution in [1.82, 2.24) is 5.32 Å². The maximum Gasteiger partial charge on any atom is 0.0595 e. The van der Waals surface area contributed by atoms with Gasteiger partial charge in [-0.3, -0.25) is 0 Å². The summed E-state index contributed by atoms with van der Waals surface area (Å²) in [6.45, 7) is 5.29. The van der Waals surface area contributed by atoms with E-state index in [9.17, 15) is 0 Å². The number of hydrogen-bond donors (Lipinski definition) is 1. The first-order valence-corrected chi connectivity index (χ1v) is 6.63. The van der Waals surface area contributed by atoms with Crippen LogP contribution in [0.25, 0.3) is 0 Å². The second-order valence-electron chi connectivity index (χ2n) is 3.93. The summed E-state index contributed by atoms with van der Waals surface area (Å²) in [7, 11) is 0. The van der Waals surface area contributed by atoms with Crippen molar-refractivity contribution in [2.45, 2.75) is 39.2 Å². The molecule has 0 aliphatic carbocycles. The summed E-state index contributed by atoms with van der Waals surface area (Å²) in [5, 5.41) is 4.74. The van der Waals surface area contributed by atoms with Crippen molar-refractivity contribution in [3.63, 3.8) is 0 Å². The topological polar surface area (TPSA) is 12.0 Å². The van der Waals surface area contributed by atoms with E-state index < -0.39 is 0 Å². The molecule has 0 aliphatic rings. The van der Waals surface area contributed by atoms with Crippen molar-refractivity contribution in [1.29, 1.82) is 0 Å². The fraction of sp³-hybridized carbons (Fsp3) is 0.538. The van der Waals surface area contributed by atoms with Crippen LogP contribution in [-0.2, 0) is 0 Å². The molecular weight excluding hydrogens is 241 g/mol. The van der Waals surface area contributed by atoms with E-state index in [4.69, 9.17) is 23.2 Å². The van der Waals surface area contributed by atoms with Crippen LogP contribution in [0.2, 0.25) is 10.0 Å². The lowest BCUT2D eigenvalue weighted by atomic mass is 10.0. The summed E-state index contributed by atoms with van der Waals surface area (Å²) >= 11 is 11.9. The fourth-order valence-corrected chi connectivity index (χ4v) is 2.08. The molecular formula is C13H19Cl2N. The summed E-state index contributed by atoms with van der Waals surface area (Å²) in [4.78, 5) is 0. The molecule has 0 aromatic heterocycles. The van der Waals surface area contributed by atoms with Gasteiger partial charge in [-0.1, -0.05) is 56.0 Å². The molecule has 1 nitrogen and oxygen atoms in total. The van der Waals surface area contributed by atoms with E-state index in [2.05, 4.69) is 25.2 Å². The molecule has 1 rings (SSSR count). The summed E-state index contributed by atoms with van der Waals surface area (Å²) in [5.74, 6) is 0. The molecule has 0 radical (unpaired) electrons. The van der Waals surface area contributed by atoms with Gasteiger partial charge in [0.25, 0.3) is 0 Å². The Hall–Kier alpha value is -0.240. The van der Waals surface area contributed by atoms with E-state index in [0.717, 1.165) is 13.0 Å². The van der Waals surface area contributed by atoms with Crippen molar-refractivity contribution in [2.75, 3.05) is 6.54 Å². The first-order chi connectivity index (χ1) is 7.69. The maximum atomic E-state index is 6.03. The van der Waals surface area contributed by atoms with Gasteiger partial charge in [0.15, 0.2) is 0 Å². The third kappa shape index (κ3) is 3.97. The van der Waals surface area contributed by atoms with E-state index in [1.165, 1.54) is 18.4 Å². The highest BCUT2D eigenvalue weighted by molar-refractivity contribution is 6.42. The average Bonchev–Trinajstić information content (AvgIpc) is 2.28. The van der Waals surface area contributed by atoms with Gasteiger partial charge in [0, 0.05) is 6.04 Å². The third-order valence-electron chi connectivity index (χ3n) is 2.64. The standard InChI is InChI=1S/C13H19Cl2N/c1-3-5-6-13(16-4-2)10-7-8-11(14)12(15)9-10/h7-9,13,16H,3-6H2,1-2H3. The Morgan fingerprint density at radius 3 is 2.50 bits per heavy atom. The van der Waals surface area contributed by atoms with Crippen molar-refractivity contribution >= 4 is 23.2 Å². The minimum Gasteiger partial charge on any atom is -0.310 e. The highest BCUT2D eigenvalue weighted by atomic mass is 35.5. The predicted octanol–water partition coefficient (Wildman–Crippen LogP) is 4.83. The summed E-state index contributed by atoms with van der Waals surface area (Å²) in [6.07, 6.45) is 3.57. The lowest BCUT2D eigenvalue weighted by Gasteiger charge is -2.18. The minimum atomic E-state index is 0.389. The largest absolute Gasteiger partial charge is 0.310 e. The number of nitrogens with one attached hydrogen (secondary N) is 1. The van der Waals surface area contributed by atoms with Crippen LogP contribution in [0.4, 0.5) is 0 Å². The summed E-state index contributed by atoms with van der Waals surface area (Å²) < 4.78 is 0. The molecule has 0 aliphatic heterocycles. The molecule has 0 bridgehead atoms. The molecule has 0 saturated carbocycles. The van der Waals surface area contributed by atoms with Crippen LogP contribution < -0.4 is 5.32 Å². The van der Waals surface area contributed by atoms with Crippen LogP contribution in [0.3, 0.4) is 0 Å². The molecule has 0 spiro atoms. The zero-order chi connectivity index (χ0) is 12.0. The Bertz CT molecular complexity index is 326. The van der Waals surface area contributed by atoms with E-state index in [-0.39, 0.29) is 0 Å². The van der Waals surface area contributed by atoms with Gasteiger partial charge in [-0.15, -0.1) is 0 Å². The Balaban J connectivity index is 2.78. The average molecular weight is 260 g/mol. The van der Waals surface area contributed by atoms with Crippen LogP contribution in [0.5, 0.6) is 0 Å². The van der Waals surface area contributed by atoms with Gasteiger partial charge < -0.3 is 5.32 Å². The van der Waals surface area contributed by atoms with Crippen LogP contribution in [-0.4, -0.2) is 6.54 Å². The molecule has 0 fully saturated rings. The molecule has 1 aromatic rings. The fourth-order valence-electron chi connectivity index (χ4n) is 1.77. The zero-order valence-electron chi connectivity index (χ0n) is 9.89. The van der Waals surface area contributed by atoms with E-state index >= 15 is 0 Å². The summed E-state index contributed by atoms with van der Waals surface area (Å²) in [6, 6.07) is 6.28. The van der Waals surface area contributed by atoms with Crippen molar-refractivity contribution in [2.24, 2.45) is 0 Å². The molecule has 0 heterocycles. The van der Waals surface area contributed by atoms with Gasteiger partial charge in [0.05, 0.1) is 10.0 Å².